The summed E-state index contributed by atoms with van der Waals surface area (Å²) in [7, 11) is 0. The normalized spacial score (nSPS) is 10.9. The molecule has 0 amide bonds. The first-order chi connectivity index (χ1) is 9.06. The fourth-order valence-corrected chi connectivity index (χ4v) is 2.04. The van der Waals surface area contributed by atoms with Gasteiger partial charge < -0.3 is 0 Å². The number of rotatable bonds is 5. The van der Waals surface area contributed by atoms with Crippen molar-refractivity contribution in [2.75, 3.05) is 0 Å². The van der Waals surface area contributed by atoms with Crippen LogP contribution in [0.4, 0.5) is 14.5 Å². The van der Waals surface area contributed by atoms with E-state index in [1.54, 1.807) is 12.1 Å². The van der Waals surface area contributed by atoms with E-state index in [0.717, 1.165) is 5.56 Å². The third-order valence-electron chi connectivity index (χ3n) is 2.20. The first-order valence-corrected chi connectivity index (χ1v) is 6.11. The van der Waals surface area contributed by atoms with Crippen LogP contribution in [0.15, 0.2) is 29.4 Å². The molecule has 100 valence electrons. The molecule has 0 aliphatic rings. The van der Waals surface area contributed by atoms with Gasteiger partial charge in [0, 0.05) is 17.9 Å². The monoisotopic (exact) mass is 286 g/mol. The van der Waals surface area contributed by atoms with Crippen molar-refractivity contribution in [1.82, 2.24) is 15.2 Å². The Morgan fingerprint density at radius 3 is 2.58 bits per heavy atom. The van der Waals surface area contributed by atoms with Crippen molar-refractivity contribution in [3.05, 3.63) is 45.8 Å². The van der Waals surface area contributed by atoms with Gasteiger partial charge in [0.2, 0.25) is 5.16 Å². The van der Waals surface area contributed by atoms with Crippen LogP contribution in [0, 0.1) is 10.1 Å². The van der Waals surface area contributed by atoms with Crippen molar-refractivity contribution in [2.24, 2.45) is 0 Å². The number of hydrogen-bond acceptors (Lipinski definition) is 5. The Morgan fingerprint density at radius 1 is 1.37 bits per heavy atom. The Balaban J connectivity index is 1.96. The van der Waals surface area contributed by atoms with E-state index in [9.17, 15) is 18.9 Å². The number of non-ortho nitro benzene ring substituents is 1. The van der Waals surface area contributed by atoms with Crippen LogP contribution in [-0.4, -0.2) is 20.1 Å². The van der Waals surface area contributed by atoms with Crippen molar-refractivity contribution >= 4 is 17.4 Å². The summed E-state index contributed by atoms with van der Waals surface area (Å²) in [6, 6.07) is 5.98. The number of halogens is 2. The molecule has 0 unspecified atom stereocenters. The van der Waals surface area contributed by atoms with Gasteiger partial charge >= 0.3 is 0 Å². The second-order valence-electron chi connectivity index (χ2n) is 3.52. The van der Waals surface area contributed by atoms with E-state index in [0.29, 0.717) is 5.75 Å². The number of benzene rings is 1. The number of nitro benzene ring substituents is 1. The molecule has 0 aliphatic carbocycles. The molecule has 0 aliphatic heterocycles. The summed E-state index contributed by atoms with van der Waals surface area (Å²) < 4.78 is 24.5. The van der Waals surface area contributed by atoms with Crippen LogP contribution in [0.25, 0.3) is 0 Å². The van der Waals surface area contributed by atoms with Gasteiger partial charge in [0.25, 0.3) is 12.1 Å². The maximum Gasteiger partial charge on any atom is 0.296 e. The zero-order valence-electron chi connectivity index (χ0n) is 9.42. The van der Waals surface area contributed by atoms with Gasteiger partial charge in [-0.15, -0.1) is 5.10 Å². The number of aromatic amines is 1. The Kier molecular flexibility index (Phi) is 4.05. The third kappa shape index (κ3) is 3.47. The van der Waals surface area contributed by atoms with Crippen molar-refractivity contribution in [1.29, 1.82) is 0 Å². The van der Waals surface area contributed by atoms with Gasteiger partial charge in [-0.2, -0.15) is 0 Å². The Bertz CT molecular complexity index is 573. The van der Waals surface area contributed by atoms with Crippen LogP contribution in [-0.2, 0) is 5.75 Å². The predicted molar refractivity (Wildman–Crippen MR) is 64.0 cm³/mol. The second kappa shape index (κ2) is 5.74. The largest absolute Gasteiger partial charge is 0.296 e. The van der Waals surface area contributed by atoms with Gasteiger partial charge in [-0.05, 0) is 5.56 Å². The molecule has 2 rings (SSSR count). The highest BCUT2D eigenvalue weighted by Gasteiger charge is 2.13. The van der Waals surface area contributed by atoms with Crippen molar-refractivity contribution in [3.63, 3.8) is 0 Å². The average molecular weight is 286 g/mol. The lowest BCUT2D eigenvalue weighted by molar-refractivity contribution is -0.384. The number of nitrogens with one attached hydrogen (secondary N) is 1. The zero-order chi connectivity index (χ0) is 13.8. The molecule has 0 radical (unpaired) electrons. The molecule has 1 N–H and O–H groups in total. The van der Waals surface area contributed by atoms with Crippen molar-refractivity contribution < 1.29 is 13.7 Å². The van der Waals surface area contributed by atoms with E-state index in [1.807, 2.05) is 0 Å². The standard InChI is InChI=1S/C10H8F2N4O2S/c11-8(12)9-13-10(15-14-9)19-5-6-1-3-7(4-2-6)16(17)18/h1-4,8H,5H2,(H,13,14,15). The summed E-state index contributed by atoms with van der Waals surface area (Å²) in [4.78, 5) is 13.6. The summed E-state index contributed by atoms with van der Waals surface area (Å²) in [5, 5.41) is 16.5. The fraction of sp³-hybridized carbons (Fsp3) is 0.200. The molecule has 1 aromatic carbocycles. The van der Waals surface area contributed by atoms with Gasteiger partial charge in [-0.3, -0.25) is 15.2 Å². The van der Waals surface area contributed by atoms with E-state index in [2.05, 4.69) is 15.2 Å². The van der Waals surface area contributed by atoms with Crippen LogP contribution in [0.1, 0.15) is 17.8 Å². The van der Waals surface area contributed by atoms with Gasteiger partial charge in [0.15, 0.2) is 5.82 Å². The first-order valence-electron chi connectivity index (χ1n) is 5.13. The molecule has 0 fully saturated rings. The van der Waals surface area contributed by atoms with Gasteiger partial charge in [0.05, 0.1) is 4.92 Å². The maximum atomic E-state index is 12.3. The fourth-order valence-electron chi connectivity index (χ4n) is 1.28. The minimum atomic E-state index is -2.68. The van der Waals surface area contributed by atoms with Crippen LogP contribution in [0.3, 0.4) is 0 Å². The number of thioether (sulfide) groups is 1. The SMILES string of the molecule is O=[N+]([O-])c1ccc(CSc2n[nH]c(C(F)F)n2)cc1. The smallest absolute Gasteiger partial charge is 0.258 e. The van der Waals surface area contributed by atoms with E-state index < -0.39 is 17.2 Å². The van der Waals surface area contributed by atoms with Gasteiger partial charge in [-0.1, -0.05) is 23.9 Å². The minimum Gasteiger partial charge on any atom is -0.258 e. The predicted octanol–water partition coefficient (Wildman–Crippen LogP) is 2.94. The molecule has 2 aromatic rings. The molecule has 0 spiro atoms. The summed E-state index contributed by atoms with van der Waals surface area (Å²) in [5.41, 5.74) is 0.825. The summed E-state index contributed by atoms with van der Waals surface area (Å²) in [5.74, 6) is -0.0235. The van der Waals surface area contributed by atoms with Crippen LogP contribution in [0.5, 0.6) is 0 Å². The lowest BCUT2D eigenvalue weighted by Gasteiger charge is -1.98. The maximum absolute atomic E-state index is 12.3. The number of nitro groups is 1. The molecular formula is C10H8F2N4O2S. The summed E-state index contributed by atoms with van der Waals surface area (Å²) in [6.07, 6.45) is -2.68. The van der Waals surface area contributed by atoms with E-state index in [-0.39, 0.29) is 10.8 Å². The van der Waals surface area contributed by atoms with Crippen LogP contribution in [0.2, 0.25) is 0 Å². The van der Waals surface area contributed by atoms with E-state index in [1.165, 1.54) is 23.9 Å². The highest BCUT2D eigenvalue weighted by Crippen LogP contribution is 2.23. The van der Waals surface area contributed by atoms with Crippen LogP contribution >= 0.6 is 11.8 Å². The molecule has 0 saturated carbocycles. The number of nitrogens with zero attached hydrogens (tertiary/aromatic N) is 3. The Labute approximate surface area is 110 Å². The van der Waals surface area contributed by atoms with Crippen molar-refractivity contribution in [2.45, 2.75) is 17.3 Å². The molecule has 19 heavy (non-hydrogen) atoms. The molecule has 6 nitrogen and oxygen atoms in total. The zero-order valence-corrected chi connectivity index (χ0v) is 10.2. The molecule has 1 heterocycles. The molecule has 0 saturated heterocycles. The molecular weight excluding hydrogens is 278 g/mol. The number of H-pyrrole nitrogens is 1. The Hall–Kier alpha value is -2.03. The molecule has 1 aromatic heterocycles. The third-order valence-corrected chi connectivity index (χ3v) is 3.12. The lowest BCUT2D eigenvalue weighted by Crippen LogP contribution is -1.88. The van der Waals surface area contributed by atoms with Crippen LogP contribution < -0.4 is 0 Å². The summed E-state index contributed by atoms with van der Waals surface area (Å²) in [6.45, 7) is 0. The van der Waals surface area contributed by atoms with Gasteiger partial charge in [-0.25, -0.2) is 13.8 Å². The average Bonchev–Trinajstić information content (AvgIpc) is 2.86. The number of hydrogen-bond donors (Lipinski definition) is 1. The highest BCUT2D eigenvalue weighted by atomic mass is 32.2. The van der Waals surface area contributed by atoms with E-state index >= 15 is 0 Å². The Morgan fingerprint density at radius 2 is 2.05 bits per heavy atom. The molecule has 0 bridgehead atoms. The quantitative estimate of drug-likeness (QED) is 0.519. The second-order valence-corrected chi connectivity index (χ2v) is 4.46. The lowest BCUT2D eigenvalue weighted by atomic mass is 10.2. The summed E-state index contributed by atoms with van der Waals surface area (Å²) >= 11 is 1.17. The minimum absolute atomic E-state index is 0.00614. The first kappa shape index (κ1) is 13.4. The van der Waals surface area contributed by atoms with E-state index in [4.69, 9.17) is 0 Å². The molecule has 9 heteroatoms. The topological polar surface area (TPSA) is 84.7 Å². The van der Waals surface area contributed by atoms with Gasteiger partial charge in [0.1, 0.15) is 0 Å². The highest BCUT2D eigenvalue weighted by molar-refractivity contribution is 7.98. The van der Waals surface area contributed by atoms with Crippen molar-refractivity contribution in [3.8, 4) is 0 Å². The number of alkyl halides is 2. The molecule has 0 atom stereocenters. The number of aromatic nitrogens is 3.